The van der Waals surface area contributed by atoms with Crippen molar-refractivity contribution in [1.29, 1.82) is 0 Å². The maximum absolute atomic E-state index is 11.2. The number of primary amides is 1. The van der Waals surface area contributed by atoms with Gasteiger partial charge in [-0.2, -0.15) is 0 Å². The lowest BCUT2D eigenvalue weighted by molar-refractivity contribution is -0.112. The van der Waals surface area contributed by atoms with Gasteiger partial charge in [0.05, 0.1) is 12.1 Å². The van der Waals surface area contributed by atoms with Crippen LogP contribution in [-0.4, -0.2) is 34.7 Å². The Kier molecular flexibility index (Phi) is 3.27. The van der Waals surface area contributed by atoms with Gasteiger partial charge in [0.1, 0.15) is 0 Å². The van der Waals surface area contributed by atoms with Crippen LogP contribution >= 0.6 is 0 Å². The summed E-state index contributed by atoms with van der Waals surface area (Å²) in [5, 5.41) is 6.09. The number of carbonyl (C=O) groups excluding carboxylic acids is 1. The van der Waals surface area contributed by atoms with E-state index in [1.54, 1.807) is 24.5 Å². The van der Waals surface area contributed by atoms with E-state index in [9.17, 15) is 4.79 Å². The number of urea groups is 1. The van der Waals surface area contributed by atoms with Crippen molar-refractivity contribution >= 4 is 11.7 Å². The molecule has 1 aromatic rings. The molecule has 0 aliphatic carbocycles. The zero-order valence-electron chi connectivity index (χ0n) is 9.97. The second-order valence-electron chi connectivity index (χ2n) is 4.16. The number of hydrogen-bond acceptors (Lipinski definition) is 3. The lowest BCUT2D eigenvalue weighted by Gasteiger charge is -2.27. The number of nitrogens with zero attached hydrogens (tertiary/aromatic N) is 2. The molecule has 1 aliphatic rings. The Labute approximate surface area is 105 Å². The molecule has 0 saturated carbocycles. The van der Waals surface area contributed by atoms with Crippen LogP contribution in [0.3, 0.4) is 0 Å². The standard InChI is InChI=1S/C12H15N5O/c13-10-3-6-17(12(15)18)7-9(10)11(14)8-1-4-16-5-2-8/h1-2,4-5,14H,3,6-7,13H2,(H2,15,18)/p+1. The third-order valence-electron chi connectivity index (χ3n) is 3.02. The number of hydrogen-bond donors (Lipinski definition) is 3. The molecule has 0 aromatic carbocycles. The van der Waals surface area contributed by atoms with E-state index >= 15 is 0 Å². The lowest BCUT2D eigenvalue weighted by Crippen LogP contribution is -2.49. The van der Waals surface area contributed by atoms with Crippen LogP contribution in [-0.2, 0) is 0 Å². The van der Waals surface area contributed by atoms with Crippen molar-refractivity contribution in [1.82, 2.24) is 9.88 Å². The molecule has 2 rings (SSSR count). The predicted molar refractivity (Wildman–Crippen MR) is 67.3 cm³/mol. The minimum Gasteiger partial charge on any atom is -0.402 e. The number of nitrogens with two attached hydrogens (primary N) is 3. The lowest BCUT2D eigenvalue weighted by atomic mass is 9.97. The van der Waals surface area contributed by atoms with Crippen molar-refractivity contribution in [3.05, 3.63) is 41.4 Å². The summed E-state index contributed by atoms with van der Waals surface area (Å²) in [5.74, 6) is 0. The molecule has 1 aliphatic heterocycles. The molecule has 0 fully saturated rings. The van der Waals surface area contributed by atoms with E-state index < -0.39 is 6.03 Å². The Balaban J connectivity index is 2.26. The fourth-order valence-electron chi connectivity index (χ4n) is 1.93. The molecule has 94 valence electrons. The average Bonchev–Trinajstić information content (AvgIpc) is 2.39. The van der Waals surface area contributed by atoms with E-state index in [1.165, 1.54) is 4.90 Å². The highest BCUT2D eigenvalue weighted by Gasteiger charge is 2.25. The van der Waals surface area contributed by atoms with E-state index in [0.29, 0.717) is 30.9 Å². The van der Waals surface area contributed by atoms with E-state index in [2.05, 4.69) is 4.98 Å². The normalized spacial score (nSPS) is 15.7. The largest absolute Gasteiger partial charge is 0.402 e. The van der Waals surface area contributed by atoms with Crippen molar-refractivity contribution in [3.63, 3.8) is 0 Å². The Morgan fingerprint density at radius 2 is 2.06 bits per heavy atom. The van der Waals surface area contributed by atoms with Gasteiger partial charge in [-0.1, -0.05) is 0 Å². The molecule has 0 radical (unpaired) electrons. The van der Waals surface area contributed by atoms with E-state index in [0.717, 1.165) is 11.1 Å². The van der Waals surface area contributed by atoms with Crippen molar-refractivity contribution in [3.8, 4) is 0 Å². The SMILES string of the molecule is NC(=O)N1CCC(N)=C(C(=[NH2+])c2ccncc2)C1. The summed E-state index contributed by atoms with van der Waals surface area (Å²) in [6.07, 6.45) is 3.91. The third kappa shape index (κ3) is 2.32. The first-order chi connectivity index (χ1) is 8.59. The summed E-state index contributed by atoms with van der Waals surface area (Å²) in [6.45, 7) is 0.892. The first-order valence-electron chi connectivity index (χ1n) is 5.64. The van der Waals surface area contributed by atoms with Gasteiger partial charge in [-0.15, -0.1) is 0 Å². The molecule has 6 N–H and O–H groups in total. The second kappa shape index (κ2) is 4.87. The first kappa shape index (κ1) is 12.1. The molecule has 0 saturated heterocycles. The maximum atomic E-state index is 11.2. The fraction of sp³-hybridized carbons (Fsp3) is 0.250. The number of carbonyl (C=O) groups is 1. The van der Waals surface area contributed by atoms with E-state index in [4.69, 9.17) is 16.9 Å². The van der Waals surface area contributed by atoms with Crippen LogP contribution in [0.4, 0.5) is 4.79 Å². The van der Waals surface area contributed by atoms with Crippen LogP contribution in [0.5, 0.6) is 0 Å². The molecule has 6 heteroatoms. The number of aromatic nitrogens is 1. The van der Waals surface area contributed by atoms with Crippen molar-refractivity contribution in [2.45, 2.75) is 6.42 Å². The van der Waals surface area contributed by atoms with Gasteiger partial charge in [0.2, 0.25) is 5.71 Å². The Morgan fingerprint density at radius 3 is 2.67 bits per heavy atom. The predicted octanol–water partition coefficient (Wildman–Crippen LogP) is -1.37. The molecule has 1 aromatic heterocycles. The topological polar surface area (TPSA) is 111 Å². The second-order valence-corrected chi connectivity index (χ2v) is 4.16. The Hall–Kier alpha value is -2.37. The van der Waals surface area contributed by atoms with Gasteiger partial charge in [-0.25, -0.2) is 4.79 Å². The highest BCUT2D eigenvalue weighted by Crippen LogP contribution is 2.16. The molecule has 18 heavy (non-hydrogen) atoms. The van der Waals surface area contributed by atoms with Crippen molar-refractivity contribution in [2.75, 3.05) is 13.1 Å². The van der Waals surface area contributed by atoms with Crippen LogP contribution in [0, 0.1) is 0 Å². The molecule has 0 spiro atoms. The molecule has 2 amide bonds. The summed E-state index contributed by atoms with van der Waals surface area (Å²) >= 11 is 0. The smallest absolute Gasteiger partial charge is 0.315 e. The Bertz CT molecular complexity index is 508. The van der Waals surface area contributed by atoms with Crippen LogP contribution in [0.1, 0.15) is 12.0 Å². The minimum atomic E-state index is -0.456. The third-order valence-corrected chi connectivity index (χ3v) is 3.02. The molecular weight excluding hydrogens is 230 g/mol. The van der Waals surface area contributed by atoms with Gasteiger partial charge in [-0.05, 0) is 12.1 Å². The Morgan fingerprint density at radius 1 is 1.39 bits per heavy atom. The summed E-state index contributed by atoms with van der Waals surface area (Å²) in [4.78, 5) is 16.7. The first-order valence-corrected chi connectivity index (χ1v) is 5.64. The summed E-state index contributed by atoms with van der Waals surface area (Å²) < 4.78 is 0. The molecular formula is C12H16N5O+. The monoisotopic (exact) mass is 246 g/mol. The number of rotatable bonds is 2. The highest BCUT2D eigenvalue weighted by atomic mass is 16.2. The summed E-state index contributed by atoms with van der Waals surface area (Å²) in [5.41, 5.74) is 14.1. The molecule has 0 unspecified atom stereocenters. The highest BCUT2D eigenvalue weighted by molar-refractivity contribution is 6.09. The van der Waals surface area contributed by atoms with Gasteiger partial charge in [0.15, 0.2) is 0 Å². The number of pyridine rings is 1. The van der Waals surface area contributed by atoms with E-state index in [-0.39, 0.29) is 0 Å². The van der Waals surface area contributed by atoms with Gasteiger partial charge >= 0.3 is 6.03 Å². The zero-order valence-corrected chi connectivity index (χ0v) is 9.97. The molecule has 0 bridgehead atoms. The zero-order chi connectivity index (χ0) is 13.1. The van der Waals surface area contributed by atoms with Crippen molar-refractivity contribution in [2.24, 2.45) is 11.5 Å². The van der Waals surface area contributed by atoms with Gasteiger partial charge in [0.25, 0.3) is 0 Å². The van der Waals surface area contributed by atoms with Gasteiger partial charge in [0, 0.05) is 36.6 Å². The van der Waals surface area contributed by atoms with Crippen LogP contribution in [0.15, 0.2) is 35.8 Å². The van der Waals surface area contributed by atoms with Crippen molar-refractivity contribution < 1.29 is 10.2 Å². The molecule has 6 nitrogen and oxygen atoms in total. The summed E-state index contributed by atoms with van der Waals surface area (Å²) in [7, 11) is 0. The molecule has 0 atom stereocenters. The fourth-order valence-corrected chi connectivity index (χ4v) is 1.93. The number of amides is 2. The van der Waals surface area contributed by atoms with Crippen LogP contribution in [0.2, 0.25) is 0 Å². The molecule has 2 heterocycles. The van der Waals surface area contributed by atoms with Gasteiger partial charge < -0.3 is 16.4 Å². The maximum Gasteiger partial charge on any atom is 0.315 e. The van der Waals surface area contributed by atoms with E-state index in [1.807, 2.05) is 0 Å². The minimum absolute atomic E-state index is 0.356. The quantitative estimate of drug-likeness (QED) is 0.559. The average molecular weight is 246 g/mol. The van der Waals surface area contributed by atoms with Crippen LogP contribution in [0.25, 0.3) is 0 Å². The summed E-state index contributed by atoms with van der Waals surface area (Å²) in [6, 6.07) is 3.15. The van der Waals surface area contributed by atoms with Gasteiger partial charge in [-0.3, -0.25) is 10.4 Å². The van der Waals surface area contributed by atoms with Crippen LogP contribution < -0.4 is 16.9 Å².